The van der Waals surface area contributed by atoms with Gasteiger partial charge in [-0.3, -0.25) is 9.59 Å². The highest BCUT2D eigenvalue weighted by atomic mass is 35.5. The van der Waals surface area contributed by atoms with Crippen LogP contribution >= 0.6 is 12.4 Å². The van der Waals surface area contributed by atoms with E-state index in [2.05, 4.69) is 10.6 Å². The normalized spacial score (nSPS) is 11.5. The molecule has 0 aromatic heterocycles. The second-order valence-electron chi connectivity index (χ2n) is 5.52. The summed E-state index contributed by atoms with van der Waals surface area (Å²) in [5.41, 5.74) is 7.73. The summed E-state index contributed by atoms with van der Waals surface area (Å²) in [7, 11) is 1.64. The highest BCUT2D eigenvalue weighted by Gasteiger charge is 2.17. The van der Waals surface area contributed by atoms with Crippen LogP contribution in [0.15, 0.2) is 24.3 Å². The lowest BCUT2D eigenvalue weighted by Gasteiger charge is -2.15. The zero-order valence-corrected chi connectivity index (χ0v) is 14.6. The van der Waals surface area contributed by atoms with Gasteiger partial charge in [-0.05, 0) is 17.0 Å². The first kappa shape index (κ1) is 21.4. The van der Waals surface area contributed by atoms with Crippen LogP contribution in [0.25, 0.3) is 0 Å². The lowest BCUT2D eigenvalue weighted by Crippen LogP contribution is -2.47. The molecule has 0 fully saturated rings. The molecule has 2 amide bonds. The maximum absolute atomic E-state index is 11.7. The van der Waals surface area contributed by atoms with E-state index in [9.17, 15) is 9.59 Å². The molecule has 1 rings (SSSR count). The van der Waals surface area contributed by atoms with Crippen molar-refractivity contribution in [3.63, 3.8) is 0 Å². The standard InChI is InChI=1S/C16H25N3O3.ClH/c1-11(2)15(17)16(21)19-9-14(20)18-8-12-5-4-6-13(7-12)10-22-3;/h4-7,11,15H,8-10,17H2,1-3H3,(H,18,20)(H,19,21);1H/t15-;/m0./s1. The molecule has 0 aliphatic carbocycles. The van der Waals surface area contributed by atoms with Crippen molar-refractivity contribution in [2.75, 3.05) is 13.7 Å². The SMILES string of the molecule is COCc1cccc(CNC(=O)CNC(=O)[C@@H](N)C(C)C)c1.Cl. The van der Waals surface area contributed by atoms with Gasteiger partial charge >= 0.3 is 0 Å². The smallest absolute Gasteiger partial charge is 0.239 e. The van der Waals surface area contributed by atoms with E-state index >= 15 is 0 Å². The Hall–Kier alpha value is -1.63. The highest BCUT2D eigenvalue weighted by molar-refractivity contribution is 5.87. The Morgan fingerprint density at radius 3 is 2.48 bits per heavy atom. The van der Waals surface area contributed by atoms with Crippen molar-refractivity contribution in [2.45, 2.75) is 33.0 Å². The van der Waals surface area contributed by atoms with E-state index < -0.39 is 6.04 Å². The third-order valence-corrected chi connectivity index (χ3v) is 3.24. The molecule has 0 bridgehead atoms. The number of carbonyl (C=O) groups is 2. The number of halogens is 1. The molecule has 0 unspecified atom stereocenters. The molecule has 1 aromatic carbocycles. The minimum Gasteiger partial charge on any atom is -0.380 e. The van der Waals surface area contributed by atoms with Crippen molar-refractivity contribution in [1.82, 2.24) is 10.6 Å². The molecule has 0 aliphatic rings. The molecule has 0 spiro atoms. The number of ether oxygens (including phenoxy) is 1. The molecule has 0 saturated carbocycles. The Morgan fingerprint density at radius 2 is 1.87 bits per heavy atom. The molecule has 23 heavy (non-hydrogen) atoms. The van der Waals surface area contributed by atoms with Gasteiger partial charge in [-0.25, -0.2) is 0 Å². The minimum absolute atomic E-state index is 0. The summed E-state index contributed by atoms with van der Waals surface area (Å²) in [4.78, 5) is 23.4. The first-order valence-electron chi connectivity index (χ1n) is 7.30. The monoisotopic (exact) mass is 343 g/mol. The predicted octanol–water partition coefficient (Wildman–Crippen LogP) is 0.971. The quantitative estimate of drug-likeness (QED) is 0.655. The van der Waals surface area contributed by atoms with Crippen LogP contribution < -0.4 is 16.4 Å². The number of amides is 2. The van der Waals surface area contributed by atoms with Gasteiger partial charge in [0.2, 0.25) is 11.8 Å². The molecule has 0 heterocycles. The predicted molar refractivity (Wildman–Crippen MR) is 92.1 cm³/mol. The van der Waals surface area contributed by atoms with Crippen LogP contribution in [0.1, 0.15) is 25.0 Å². The van der Waals surface area contributed by atoms with E-state index in [0.29, 0.717) is 13.2 Å². The number of benzene rings is 1. The van der Waals surface area contributed by atoms with Crippen LogP contribution in [-0.4, -0.2) is 31.5 Å². The summed E-state index contributed by atoms with van der Waals surface area (Å²) in [6, 6.07) is 7.17. The van der Waals surface area contributed by atoms with E-state index in [-0.39, 0.29) is 36.7 Å². The van der Waals surface area contributed by atoms with Crippen LogP contribution in [0.4, 0.5) is 0 Å². The zero-order valence-electron chi connectivity index (χ0n) is 13.8. The van der Waals surface area contributed by atoms with Crippen molar-refractivity contribution in [3.05, 3.63) is 35.4 Å². The molecule has 0 saturated heterocycles. The highest BCUT2D eigenvalue weighted by Crippen LogP contribution is 2.06. The molecule has 130 valence electrons. The van der Waals surface area contributed by atoms with E-state index in [1.807, 2.05) is 38.1 Å². The molecule has 0 aliphatic heterocycles. The Labute approximate surface area is 143 Å². The summed E-state index contributed by atoms with van der Waals surface area (Å²) >= 11 is 0. The Balaban J connectivity index is 0.00000484. The fraction of sp³-hybridized carbons (Fsp3) is 0.500. The maximum atomic E-state index is 11.7. The van der Waals surface area contributed by atoms with Crippen LogP contribution in [0.3, 0.4) is 0 Å². The van der Waals surface area contributed by atoms with Crippen molar-refractivity contribution in [2.24, 2.45) is 11.7 Å². The van der Waals surface area contributed by atoms with Gasteiger partial charge in [0.05, 0.1) is 19.2 Å². The number of carbonyl (C=O) groups excluding carboxylic acids is 2. The number of nitrogens with two attached hydrogens (primary N) is 1. The van der Waals surface area contributed by atoms with Gasteiger partial charge in [0.25, 0.3) is 0 Å². The van der Waals surface area contributed by atoms with Crippen LogP contribution in [0.5, 0.6) is 0 Å². The van der Waals surface area contributed by atoms with Crippen molar-refractivity contribution in [1.29, 1.82) is 0 Å². The van der Waals surface area contributed by atoms with E-state index in [4.69, 9.17) is 10.5 Å². The summed E-state index contributed by atoms with van der Waals surface area (Å²) < 4.78 is 5.07. The molecular formula is C16H26ClN3O3. The van der Waals surface area contributed by atoms with Gasteiger partial charge in [-0.2, -0.15) is 0 Å². The summed E-state index contributed by atoms with van der Waals surface area (Å²) in [6.45, 7) is 4.58. The second-order valence-corrected chi connectivity index (χ2v) is 5.52. The van der Waals surface area contributed by atoms with Gasteiger partial charge in [0.1, 0.15) is 0 Å². The van der Waals surface area contributed by atoms with E-state index in [1.165, 1.54) is 0 Å². The van der Waals surface area contributed by atoms with Gasteiger partial charge in [0, 0.05) is 13.7 Å². The topological polar surface area (TPSA) is 93.5 Å². The molecule has 4 N–H and O–H groups in total. The lowest BCUT2D eigenvalue weighted by molar-refractivity contribution is -0.127. The van der Waals surface area contributed by atoms with Crippen molar-refractivity contribution in [3.8, 4) is 0 Å². The molecule has 6 nitrogen and oxygen atoms in total. The van der Waals surface area contributed by atoms with E-state index in [0.717, 1.165) is 11.1 Å². The number of methoxy groups -OCH3 is 1. The molecule has 1 atom stereocenters. The third-order valence-electron chi connectivity index (χ3n) is 3.24. The fourth-order valence-electron chi connectivity index (χ4n) is 1.85. The average molecular weight is 344 g/mol. The van der Waals surface area contributed by atoms with Crippen LogP contribution in [0, 0.1) is 5.92 Å². The fourth-order valence-corrected chi connectivity index (χ4v) is 1.85. The average Bonchev–Trinajstić information content (AvgIpc) is 2.50. The summed E-state index contributed by atoms with van der Waals surface area (Å²) in [6.07, 6.45) is 0. The van der Waals surface area contributed by atoms with Gasteiger partial charge in [-0.15, -0.1) is 12.4 Å². The Bertz CT molecular complexity index is 509. The van der Waals surface area contributed by atoms with Crippen molar-refractivity contribution >= 4 is 24.2 Å². The molecule has 7 heteroatoms. The third kappa shape index (κ3) is 7.97. The first-order chi connectivity index (χ1) is 10.4. The van der Waals surface area contributed by atoms with Crippen LogP contribution in [-0.2, 0) is 27.5 Å². The second kappa shape index (κ2) is 11.0. The molecule has 1 aromatic rings. The summed E-state index contributed by atoms with van der Waals surface area (Å²) in [5.74, 6) is -0.528. The van der Waals surface area contributed by atoms with E-state index in [1.54, 1.807) is 7.11 Å². The maximum Gasteiger partial charge on any atom is 0.239 e. The molecular weight excluding hydrogens is 318 g/mol. The van der Waals surface area contributed by atoms with Gasteiger partial charge in [0.15, 0.2) is 0 Å². The summed E-state index contributed by atoms with van der Waals surface area (Å²) in [5, 5.41) is 5.29. The lowest BCUT2D eigenvalue weighted by atomic mass is 10.1. The number of hydrogen-bond acceptors (Lipinski definition) is 4. The first-order valence-corrected chi connectivity index (χ1v) is 7.30. The Kier molecular flexibility index (Phi) is 10.2. The Morgan fingerprint density at radius 1 is 1.22 bits per heavy atom. The zero-order chi connectivity index (χ0) is 16.5. The number of nitrogens with one attached hydrogen (secondary N) is 2. The molecule has 0 radical (unpaired) electrons. The minimum atomic E-state index is -0.599. The largest absolute Gasteiger partial charge is 0.380 e. The van der Waals surface area contributed by atoms with Gasteiger partial charge in [-0.1, -0.05) is 38.1 Å². The van der Waals surface area contributed by atoms with Crippen LogP contribution in [0.2, 0.25) is 0 Å². The number of rotatable bonds is 8. The van der Waals surface area contributed by atoms with Gasteiger partial charge < -0.3 is 21.1 Å². The van der Waals surface area contributed by atoms with Crippen molar-refractivity contribution < 1.29 is 14.3 Å². The number of hydrogen-bond donors (Lipinski definition) is 3.